The van der Waals surface area contributed by atoms with Gasteiger partial charge in [0, 0.05) is 37.1 Å². The minimum atomic E-state index is -1.13. The van der Waals surface area contributed by atoms with Crippen molar-refractivity contribution in [2.24, 2.45) is 0 Å². The third-order valence-electron chi connectivity index (χ3n) is 6.97. The number of halogens is 3. The monoisotopic (exact) mass is 561 g/mol. The van der Waals surface area contributed by atoms with Crippen LogP contribution in [0.2, 0.25) is 0 Å². The largest absolute Gasteiger partial charge is 0.442 e. The molecule has 2 aromatic carbocycles. The number of hydrogen-bond acceptors (Lipinski definition) is 6. The Morgan fingerprint density at radius 3 is 2.27 bits per heavy atom. The number of likely N-dealkylation sites (tertiary alicyclic amines) is 1. The maximum Gasteiger partial charge on any atom is 0.407 e. The maximum atomic E-state index is 14.9. The van der Waals surface area contributed by atoms with Crippen LogP contribution < -0.4 is 20.4 Å². The van der Waals surface area contributed by atoms with Crippen molar-refractivity contribution in [3.05, 3.63) is 59.4 Å². The third-order valence-corrected chi connectivity index (χ3v) is 6.97. The summed E-state index contributed by atoms with van der Waals surface area (Å²) in [6, 6.07) is 7.14. The van der Waals surface area contributed by atoms with E-state index in [0.29, 0.717) is 12.1 Å². The first kappa shape index (κ1) is 28.7. The second kappa shape index (κ2) is 12.3. The molecule has 0 aliphatic carbocycles. The van der Waals surface area contributed by atoms with Crippen LogP contribution in [0.5, 0.6) is 0 Å². The van der Waals surface area contributed by atoms with Gasteiger partial charge in [0.25, 0.3) is 0 Å². The van der Waals surface area contributed by atoms with Crippen LogP contribution in [0.15, 0.2) is 36.4 Å². The zero-order chi connectivity index (χ0) is 29.0. The number of amides is 5. The summed E-state index contributed by atoms with van der Waals surface area (Å²) in [5.74, 6) is -4.09. The quantitative estimate of drug-likeness (QED) is 0.456. The second-order valence-electron chi connectivity index (χ2n) is 9.79. The molecule has 0 radical (unpaired) electrons. The van der Waals surface area contributed by atoms with Crippen molar-refractivity contribution in [1.29, 1.82) is 0 Å². The summed E-state index contributed by atoms with van der Waals surface area (Å²) in [7, 11) is 1.57. The van der Waals surface area contributed by atoms with Crippen molar-refractivity contribution in [2.45, 2.75) is 37.8 Å². The van der Waals surface area contributed by atoms with E-state index in [1.54, 1.807) is 18.9 Å². The molecule has 2 N–H and O–H groups in total. The van der Waals surface area contributed by atoms with E-state index in [2.05, 4.69) is 5.32 Å². The standard InChI is InChI=1S/C27H30F3N5O5/c1-3-4-21(25(37)31-15-36)24-22(29)9-19(10-23(24)30)34-11-17(12-34)32-26(38)40-20-13-35(14-20)27(39)33(2)18-7-5-16(28)6-8-18/h5-10,15,17,20-21H,3-4,11-14H2,1-2H3,(H,32,38)(H,31,36,37). The molecule has 0 spiro atoms. The number of rotatable bonds is 9. The molecule has 5 amide bonds. The first-order valence-electron chi connectivity index (χ1n) is 12.8. The molecule has 2 aliphatic heterocycles. The summed E-state index contributed by atoms with van der Waals surface area (Å²) in [5, 5.41) is 4.65. The number of alkyl carbamates (subject to hydrolysis) is 1. The molecular formula is C27H30F3N5O5. The number of benzene rings is 2. The van der Waals surface area contributed by atoms with Gasteiger partial charge in [-0.1, -0.05) is 13.3 Å². The molecule has 2 aliphatic rings. The van der Waals surface area contributed by atoms with Crippen LogP contribution in [0.25, 0.3) is 0 Å². The van der Waals surface area contributed by atoms with E-state index < -0.39 is 41.5 Å². The number of carbonyl (C=O) groups is 4. The third kappa shape index (κ3) is 6.29. The van der Waals surface area contributed by atoms with Crippen LogP contribution >= 0.6 is 0 Å². The molecule has 10 nitrogen and oxygen atoms in total. The Bertz CT molecular complexity index is 1240. The van der Waals surface area contributed by atoms with Gasteiger partial charge in [0.15, 0.2) is 0 Å². The summed E-state index contributed by atoms with van der Waals surface area (Å²) in [4.78, 5) is 52.2. The molecule has 13 heteroatoms. The predicted molar refractivity (Wildman–Crippen MR) is 139 cm³/mol. The van der Waals surface area contributed by atoms with Crippen molar-refractivity contribution >= 4 is 35.8 Å². The highest BCUT2D eigenvalue weighted by Crippen LogP contribution is 2.32. The first-order chi connectivity index (χ1) is 19.1. The molecule has 0 saturated carbocycles. The van der Waals surface area contributed by atoms with Gasteiger partial charge in [-0.3, -0.25) is 19.8 Å². The molecular weight excluding hydrogens is 531 g/mol. The van der Waals surface area contributed by atoms with E-state index in [9.17, 15) is 32.3 Å². The molecule has 40 heavy (non-hydrogen) atoms. The minimum absolute atomic E-state index is 0.169. The highest BCUT2D eigenvalue weighted by atomic mass is 19.1. The fraction of sp³-hybridized carbons (Fsp3) is 0.407. The molecule has 2 saturated heterocycles. The van der Waals surface area contributed by atoms with Crippen molar-refractivity contribution in [2.75, 3.05) is 43.0 Å². The Labute approximate surface area is 229 Å². The maximum absolute atomic E-state index is 14.9. The molecule has 2 heterocycles. The number of carbonyl (C=O) groups excluding carboxylic acids is 4. The molecule has 0 bridgehead atoms. The van der Waals surface area contributed by atoms with Gasteiger partial charge in [0.2, 0.25) is 12.3 Å². The van der Waals surface area contributed by atoms with Gasteiger partial charge in [-0.25, -0.2) is 22.8 Å². The lowest BCUT2D eigenvalue weighted by atomic mass is 9.92. The van der Waals surface area contributed by atoms with Crippen LogP contribution in [-0.2, 0) is 14.3 Å². The lowest BCUT2D eigenvalue weighted by Crippen LogP contribution is -2.62. The summed E-state index contributed by atoms with van der Waals surface area (Å²) in [6.07, 6.45) is -0.310. The van der Waals surface area contributed by atoms with E-state index >= 15 is 0 Å². The fourth-order valence-electron chi connectivity index (χ4n) is 4.73. The Morgan fingerprint density at radius 1 is 1.07 bits per heavy atom. The van der Waals surface area contributed by atoms with E-state index in [0.717, 1.165) is 12.1 Å². The van der Waals surface area contributed by atoms with Crippen molar-refractivity contribution in [1.82, 2.24) is 15.5 Å². The zero-order valence-corrected chi connectivity index (χ0v) is 22.0. The average molecular weight is 562 g/mol. The lowest BCUT2D eigenvalue weighted by Gasteiger charge is -2.43. The summed E-state index contributed by atoms with van der Waals surface area (Å²) >= 11 is 0. The number of anilines is 2. The average Bonchev–Trinajstić information content (AvgIpc) is 2.86. The Kier molecular flexibility index (Phi) is 8.80. The number of urea groups is 1. The van der Waals surface area contributed by atoms with Crippen LogP contribution in [0, 0.1) is 17.5 Å². The van der Waals surface area contributed by atoms with Crippen LogP contribution in [0.3, 0.4) is 0 Å². The summed E-state index contributed by atoms with van der Waals surface area (Å²) < 4.78 is 48.2. The Hall–Kier alpha value is -4.29. The van der Waals surface area contributed by atoms with Gasteiger partial charge in [-0.05, 0) is 42.8 Å². The highest BCUT2D eigenvalue weighted by Gasteiger charge is 2.37. The zero-order valence-electron chi connectivity index (χ0n) is 22.0. The van der Waals surface area contributed by atoms with Gasteiger partial charge in [0.05, 0.1) is 25.0 Å². The highest BCUT2D eigenvalue weighted by molar-refractivity contribution is 5.92. The van der Waals surface area contributed by atoms with Crippen LogP contribution in [0.1, 0.15) is 31.2 Å². The van der Waals surface area contributed by atoms with Crippen molar-refractivity contribution in [3.63, 3.8) is 0 Å². The second-order valence-corrected chi connectivity index (χ2v) is 9.79. The van der Waals surface area contributed by atoms with Crippen molar-refractivity contribution < 1.29 is 37.1 Å². The summed E-state index contributed by atoms with van der Waals surface area (Å²) in [6.45, 7) is 2.76. The topological polar surface area (TPSA) is 111 Å². The molecule has 2 aromatic rings. The van der Waals surface area contributed by atoms with E-state index in [4.69, 9.17) is 4.74 Å². The number of nitrogens with zero attached hydrogens (tertiary/aromatic N) is 3. The molecule has 4 rings (SSSR count). The number of nitrogens with one attached hydrogen (secondary N) is 2. The van der Waals surface area contributed by atoms with E-state index in [1.807, 2.05) is 5.32 Å². The SMILES string of the molecule is CCCC(C(=O)NC=O)c1c(F)cc(N2CC(NC(=O)OC3CN(C(=O)N(C)c4ccc(F)cc4)C3)C2)cc1F. The number of ether oxygens (including phenoxy) is 1. The molecule has 1 atom stereocenters. The van der Waals surface area contributed by atoms with Gasteiger partial charge in [-0.2, -0.15) is 0 Å². The fourth-order valence-corrected chi connectivity index (χ4v) is 4.73. The first-order valence-corrected chi connectivity index (χ1v) is 12.8. The Morgan fingerprint density at radius 2 is 1.70 bits per heavy atom. The summed E-state index contributed by atoms with van der Waals surface area (Å²) in [5.41, 5.74) is 0.400. The van der Waals surface area contributed by atoms with Crippen LogP contribution in [-0.4, -0.2) is 74.7 Å². The minimum Gasteiger partial charge on any atom is -0.442 e. The normalized spacial score (nSPS) is 15.9. The number of hydrogen-bond donors (Lipinski definition) is 2. The van der Waals surface area contributed by atoms with Crippen molar-refractivity contribution in [3.8, 4) is 0 Å². The van der Waals surface area contributed by atoms with Gasteiger partial charge >= 0.3 is 12.1 Å². The van der Waals surface area contributed by atoms with Gasteiger partial charge in [0.1, 0.15) is 23.6 Å². The van der Waals surface area contributed by atoms with Gasteiger partial charge < -0.3 is 19.9 Å². The molecule has 1 unspecified atom stereocenters. The molecule has 0 aromatic heterocycles. The van der Waals surface area contributed by atoms with Crippen LogP contribution in [0.4, 0.5) is 34.1 Å². The molecule has 2 fully saturated rings. The van der Waals surface area contributed by atoms with Gasteiger partial charge in [-0.15, -0.1) is 0 Å². The van der Waals surface area contributed by atoms with E-state index in [-0.39, 0.29) is 62.3 Å². The smallest absolute Gasteiger partial charge is 0.407 e. The lowest BCUT2D eigenvalue weighted by molar-refractivity contribution is -0.126. The van der Waals surface area contributed by atoms with E-state index in [1.165, 1.54) is 34.1 Å². The predicted octanol–water partition coefficient (Wildman–Crippen LogP) is 3.12. The number of imide groups is 1. The Balaban J connectivity index is 1.23. The molecule has 214 valence electrons.